The van der Waals surface area contributed by atoms with E-state index in [1.54, 1.807) is 13.3 Å². The third-order valence-electron chi connectivity index (χ3n) is 8.72. The fourth-order valence-electron chi connectivity index (χ4n) is 5.37. The maximum absolute atomic E-state index is 8.59. The summed E-state index contributed by atoms with van der Waals surface area (Å²) in [7, 11) is 1.68. The van der Waals surface area contributed by atoms with E-state index in [1.807, 2.05) is 64.1 Å². The predicted octanol–water partition coefficient (Wildman–Crippen LogP) is 11.0. The monoisotopic (exact) mass is 663 g/mol. The molecule has 3 heterocycles. The van der Waals surface area contributed by atoms with E-state index >= 15 is 0 Å². The molecule has 2 N–H and O–H groups in total. The van der Waals surface area contributed by atoms with E-state index in [9.17, 15) is 0 Å². The molecule has 2 aromatic heterocycles. The van der Waals surface area contributed by atoms with Gasteiger partial charge in [0.25, 0.3) is 0 Å². The minimum Gasteiger partial charge on any atom is -0.493 e. The Morgan fingerprint density at radius 3 is 2.35 bits per heavy atom. The lowest BCUT2D eigenvalue weighted by molar-refractivity contribution is 0.155. The summed E-state index contributed by atoms with van der Waals surface area (Å²) < 4.78 is 18.1. The summed E-state index contributed by atoms with van der Waals surface area (Å²) in [6.45, 7) is 23.2. The number of aliphatic hydroxyl groups excluding tert-OH is 1. The maximum Gasteiger partial charge on any atom is 0.163 e. The lowest BCUT2D eigenvalue weighted by atomic mass is 9.92. The van der Waals surface area contributed by atoms with Crippen molar-refractivity contribution in [2.75, 3.05) is 40.0 Å². The molecule has 1 aliphatic rings. The van der Waals surface area contributed by atoms with Gasteiger partial charge in [-0.25, -0.2) is 0 Å². The van der Waals surface area contributed by atoms with E-state index in [-0.39, 0.29) is 5.41 Å². The number of pyridine rings is 1. The average Bonchev–Trinajstić information content (AvgIpc) is 3.32. The van der Waals surface area contributed by atoms with Crippen LogP contribution in [-0.2, 0) is 0 Å². The first-order valence-corrected chi connectivity index (χ1v) is 18.4. The van der Waals surface area contributed by atoms with E-state index in [1.165, 1.54) is 45.2 Å². The molecule has 5 rings (SSSR count). The van der Waals surface area contributed by atoms with Crippen LogP contribution < -0.4 is 14.2 Å². The molecule has 1 saturated heterocycles. The van der Waals surface area contributed by atoms with Crippen molar-refractivity contribution in [3.05, 3.63) is 54.4 Å². The molecular weight excluding hydrogens is 598 g/mol. The highest BCUT2D eigenvalue weighted by Gasteiger charge is 2.16. The van der Waals surface area contributed by atoms with Crippen LogP contribution in [0.25, 0.3) is 21.8 Å². The molecule has 0 radical (unpaired) electrons. The van der Waals surface area contributed by atoms with Crippen molar-refractivity contribution in [3.8, 4) is 23.0 Å². The lowest BCUT2D eigenvalue weighted by Gasteiger charge is -2.20. The Labute approximate surface area is 291 Å². The van der Waals surface area contributed by atoms with Crippen molar-refractivity contribution in [1.82, 2.24) is 14.9 Å². The van der Waals surface area contributed by atoms with E-state index < -0.39 is 0 Å². The second kappa shape index (κ2) is 21.6. The minimum atomic E-state index is 0.139. The molecule has 1 aliphatic heterocycles. The Balaban J connectivity index is 0.000000579. The summed E-state index contributed by atoms with van der Waals surface area (Å²) in [5.41, 5.74) is 3.19. The topological polar surface area (TPSA) is 79.8 Å². The Morgan fingerprint density at radius 2 is 1.71 bits per heavy atom. The molecule has 1 atom stereocenters. The van der Waals surface area contributed by atoms with Gasteiger partial charge in [-0.15, -0.1) is 0 Å². The second-order valence-electron chi connectivity index (χ2n) is 13.3. The zero-order valence-corrected chi connectivity index (χ0v) is 31.7. The fourth-order valence-corrected chi connectivity index (χ4v) is 5.37. The summed E-state index contributed by atoms with van der Waals surface area (Å²) in [5, 5.41) is 10.6. The highest BCUT2D eigenvalue weighted by Crippen LogP contribution is 2.37. The number of aliphatic hydroxyl groups is 1. The number of fused-ring (bicyclic) bond motifs is 2. The molecule has 2 aromatic carbocycles. The summed E-state index contributed by atoms with van der Waals surface area (Å²) in [6.07, 6.45) is 10.4. The standard InChI is InChI=1S/C30H37N3O3.C6H14O.C3H8.C2H6/c1-4-22-7-5-13-33(15-11-22)14-6-16-35-30-20-27-25(19-29(30)34-3)28(10-12-31-27)36-24-8-9-26-23(18-24)17-21(2)32-26;1-4-6(2,3)5-7;1-3-2;1-2/h8-10,12,17-20,22,32H,4-7,11,13-16H2,1-3H3;7H,4-5H2,1-3H3;3H2,1-2H3;1-2H3. The molecule has 0 bridgehead atoms. The zero-order chi connectivity index (χ0) is 35.5. The third-order valence-corrected chi connectivity index (χ3v) is 8.72. The Bertz CT molecular complexity index is 1460. The van der Waals surface area contributed by atoms with Crippen molar-refractivity contribution in [3.63, 3.8) is 0 Å². The number of aryl methyl sites for hydroxylation is 1. The van der Waals surface area contributed by atoms with Gasteiger partial charge in [0.1, 0.15) is 11.5 Å². The molecule has 1 fully saturated rings. The van der Waals surface area contributed by atoms with Crippen LogP contribution in [0.5, 0.6) is 23.0 Å². The Kier molecular flexibility index (Phi) is 18.4. The van der Waals surface area contributed by atoms with E-state index in [0.717, 1.165) is 70.1 Å². The van der Waals surface area contributed by atoms with Crippen molar-refractivity contribution in [2.45, 2.75) is 107 Å². The number of aromatic amines is 1. The first kappa shape index (κ1) is 40.9. The number of hydrogen-bond acceptors (Lipinski definition) is 6. The van der Waals surface area contributed by atoms with Crippen LogP contribution in [0.15, 0.2) is 48.7 Å². The van der Waals surface area contributed by atoms with Crippen LogP contribution in [0.1, 0.15) is 106 Å². The molecular formula is C41H65N3O4. The maximum atomic E-state index is 8.59. The number of aromatic nitrogens is 2. The normalized spacial score (nSPS) is 14.9. The molecule has 0 saturated carbocycles. The van der Waals surface area contributed by atoms with Crippen molar-refractivity contribution in [1.29, 1.82) is 0 Å². The van der Waals surface area contributed by atoms with E-state index in [4.69, 9.17) is 19.3 Å². The molecule has 7 nitrogen and oxygen atoms in total. The number of nitrogens with zero attached hydrogens (tertiary/aromatic N) is 2. The minimum absolute atomic E-state index is 0.139. The Hall–Kier alpha value is -3.29. The predicted molar refractivity (Wildman–Crippen MR) is 204 cm³/mol. The number of hydrogen-bond donors (Lipinski definition) is 2. The molecule has 0 aliphatic carbocycles. The lowest BCUT2D eigenvalue weighted by Crippen LogP contribution is -2.27. The molecule has 0 spiro atoms. The summed E-state index contributed by atoms with van der Waals surface area (Å²) in [4.78, 5) is 10.5. The van der Waals surface area contributed by atoms with Gasteiger partial charge in [-0.1, -0.05) is 68.2 Å². The Morgan fingerprint density at radius 1 is 0.958 bits per heavy atom. The van der Waals surface area contributed by atoms with Crippen LogP contribution >= 0.6 is 0 Å². The van der Waals surface area contributed by atoms with Crippen LogP contribution in [0.4, 0.5) is 0 Å². The quantitative estimate of drug-likeness (QED) is 0.155. The molecule has 4 aromatic rings. The van der Waals surface area contributed by atoms with Crippen molar-refractivity contribution in [2.24, 2.45) is 11.3 Å². The largest absolute Gasteiger partial charge is 0.493 e. The second-order valence-corrected chi connectivity index (χ2v) is 13.3. The highest BCUT2D eigenvalue weighted by molar-refractivity contribution is 5.88. The van der Waals surface area contributed by atoms with Crippen LogP contribution in [0.2, 0.25) is 0 Å². The van der Waals surface area contributed by atoms with E-state index in [2.05, 4.69) is 55.6 Å². The van der Waals surface area contributed by atoms with Crippen LogP contribution in [0.3, 0.4) is 0 Å². The van der Waals surface area contributed by atoms with Gasteiger partial charge >= 0.3 is 0 Å². The number of likely N-dealkylation sites (tertiary alicyclic amines) is 1. The SMILES string of the molecule is CC.CCC.CCC(C)(C)CO.CCC1CCCN(CCCOc2cc3nccc(Oc4ccc5[nH]c(C)cc5c4)c3cc2OC)CC1. The third kappa shape index (κ3) is 13.0. The summed E-state index contributed by atoms with van der Waals surface area (Å²) >= 11 is 0. The number of ether oxygens (including phenoxy) is 3. The number of methoxy groups -OCH3 is 1. The van der Waals surface area contributed by atoms with Crippen LogP contribution in [0, 0.1) is 18.3 Å². The number of rotatable bonds is 11. The summed E-state index contributed by atoms with van der Waals surface area (Å²) in [5.74, 6) is 3.84. The highest BCUT2D eigenvalue weighted by atomic mass is 16.5. The van der Waals surface area contributed by atoms with E-state index in [0.29, 0.717) is 19.0 Å². The zero-order valence-electron chi connectivity index (χ0n) is 31.7. The van der Waals surface area contributed by atoms with Gasteiger partial charge < -0.3 is 29.2 Å². The van der Waals surface area contributed by atoms with Gasteiger partial charge in [0.05, 0.1) is 19.2 Å². The van der Waals surface area contributed by atoms with Gasteiger partial charge in [-0.3, -0.25) is 4.98 Å². The van der Waals surface area contributed by atoms with Crippen molar-refractivity contribution >= 4 is 21.8 Å². The first-order valence-electron chi connectivity index (χ1n) is 18.4. The van der Waals surface area contributed by atoms with Gasteiger partial charge in [0.15, 0.2) is 11.5 Å². The molecule has 268 valence electrons. The number of nitrogens with one attached hydrogen (secondary N) is 1. The smallest absolute Gasteiger partial charge is 0.163 e. The molecule has 48 heavy (non-hydrogen) atoms. The van der Waals surface area contributed by atoms with Gasteiger partial charge in [0, 0.05) is 47.4 Å². The number of benzene rings is 2. The molecule has 7 heteroatoms. The summed E-state index contributed by atoms with van der Waals surface area (Å²) in [6, 6.07) is 14.0. The average molecular weight is 664 g/mol. The van der Waals surface area contributed by atoms with Crippen molar-refractivity contribution < 1.29 is 19.3 Å². The van der Waals surface area contributed by atoms with Crippen LogP contribution in [-0.4, -0.2) is 59.9 Å². The molecule has 1 unspecified atom stereocenters. The van der Waals surface area contributed by atoms with Gasteiger partial charge in [0.2, 0.25) is 0 Å². The fraction of sp³-hybridized carbons (Fsp3) is 0.585. The first-order chi connectivity index (χ1) is 23.2. The number of H-pyrrole nitrogens is 1. The molecule has 0 amide bonds. The van der Waals surface area contributed by atoms with Gasteiger partial charge in [-0.05, 0) is 99.8 Å². The van der Waals surface area contributed by atoms with Gasteiger partial charge in [-0.2, -0.15) is 0 Å².